The Kier molecular flexibility index (Phi) is 10.1. The Morgan fingerprint density at radius 3 is 2.42 bits per heavy atom. The van der Waals surface area contributed by atoms with Crippen LogP contribution in [0.3, 0.4) is 0 Å². The number of ether oxygens (including phenoxy) is 2. The van der Waals surface area contributed by atoms with Gasteiger partial charge >= 0.3 is 0 Å². The van der Waals surface area contributed by atoms with E-state index in [4.69, 9.17) is 26.1 Å². The second-order valence-electron chi connectivity index (χ2n) is 10.5. The van der Waals surface area contributed by atoms with Gasteiger partial charge in [0, 0.05) is 16.3 Å². The van der Waals surface area contributed by atoms with E-state index < -0.39 is 0 Å². The molecule has 0 aliphatic carbocycles. The highest BCUT2D eigenvalue weighted by atomic mass is 79.9. The minimum Gasteiger partial charge on any atom is -0.496 e. The van der Waals surface area contributed by atoms with Crippen LogP contribution < -0.4 is 20.3 Å². The van der Waals surface area contributed by atoms with Gasteiger partial charge in [-0.3, -0.25) is 9.59 Å². The molecule has 8 nitrogen and oxygen atoms in total. The molecule has 0 spiro atoms. The first-order valence-corrected chi connectivity index (χ1v) is 15.9. The number of nitrogens with zero attached hydrogens (tertiary/aromatic N) is 3. The number of methoxy groups -OCH3 is 1. The fourth-order valence-corrected chi connectivity index (χ4v) is 6.33. The number of nitrogens with one attached hydrogen (secondary N) is 1. The van der Waals surface area contributed by atoms with Crippen LogP contribution in [0.1, 0.15) is 36.5 Å². The van der Waals surface area contributed by atoms with Crippen LogP contribution in [0.4, 0.5) is 5.69 Å². The van der Waals surface area contributed by atoms with Gasteiger partial charge in [-0.2, -0.15) is 9.78 Å². The number of para-hydroxylation sites is 1. The predicted octanol–water partition coefficient (Wildman–Crippen LogP) is 8.58. The lowest BCUT2D eigenvalue weighted by Gasteiger charge is -2.17. The number of aryl methyl sites for hydroxylation is 1. The van der Waals surface area contributed by atoms with Gasteiger partial charge in [0.1, 0.15) is 11.5 Å². The summed E-state index contributed by atoms with van der Waals surface area (Å²) in [4.78, 5) is 31.1. The average molecular weight is 753 g/mol. The molecule has 1 N–H and O–H groups in total. The van der Waals surface area contributed by atoms with Crippen molar-refractivity contribution >= 4 is 72.2 Å². The number of carbonyl (C=O) groups is 1. The number of carbonyl (C=O) groups excluding carboxylic acids is 1. The molecule has 5 aromatic rings. The van der Waals surface area contributed by atoms with Gasteiger partial charge in [-0.05, 0) is 122 Å². The van der Waals surface area contributed by atoms with Crippen molar-refractivity contribution in [2.45, 2.75) is 26.7 Å². The van der Waals surface area contributed by atoms with Crippen molar-refractivity contribution in [1.29, 1.82) is 0 Å². The zero-order valence-corrected chi connectivity index (χ0v) is 28.8. The standard InChI is InChI=1S/C34H29Br2ClN4O4/c1-19(2)25-16-26(20(3)13-30(25)44-4)33-40-29-8-6-5-7-24(29)34(43)41(33)38-17-21-14-27(35)32(28(36)15-21)45-18-31(42)39-23-11-9-22(37)10-12-23/h5-17,19H,18H2,1-4H3,(H,39,42). The van der Waals surface area contributed by atoms with Gasteiger partial charge in [0.15, 0.2) is 12.4 Å². The highest BCUT2D eigenvalue weighted by Gasteiger charge is 2.19. The molecule has 0 aliphatic heterocycles. The molecule has 1 heterocycles. The minimum atomic E-state index is -0.327. The number of anilines is 1. The van der Waals surface area contributed by atoms with Crippen molar-refractivity contribution in [2.24, 2.45) is 5.10 Å². The summed E-state index contributed by atoms with van der Waals surface area (Å²) in [7, 11) is 1.65. The Balaban J connectivity index is 1.48. The second-order valence-corrected chi connectivity index (χ2v) is 12.7. The maximum Gasteiger partial charge on any atom is 0.282 e. The topological polar surface area (TPSA) is 94.8 Å². The number of fused-ring (bicyclic) bond motifs is 1. The Bertz CT molecular complexity index is 1970. The molecule has 0 radical (unpaired) electrons. The van der Waals surface area contributed by atoms with E-state index in [1.54, 1.807) is 61.9 Å². The Morgan fingerprint density at radius 1 is 1.07 bits per heavy atom. The summed E-state index contributed by atoms with van der Waals surface area (Å²) in [6, 6.07) is 21.6. The van der Waals surface area contributed by atoms with E-state index in [0.29, 0.717) is 47.7 Å². The van der Waals surface area contributed by atoms with Gasteiger partial charge in [-0.25, -0.2) is 4.98 Å². The lowest BCUT2D eigenvalue weighted by Crippen LogP contribution is -2.21. The van der Waals surface area contributed by atoms with E-state index in [1.165, 1.54) is 4.68 Å². The van der Waals surface area contributed by atoms with Gasteiger partial charge in [-0.15, -0.1) is 0 Å². The average Bonchev–Trinajstić information content (AvgIpc) is 3.01. The summed E-state index contributed by atoms with van der Waals surface area (Å²) in [5.41, 5.74) is 4.25. The molecule has 1 amide bonds. The highest BCUT2D eigenvalue weighted by Crippen LogP contribution is 2.36. The van der Waals surface area contributed by atoms with Crippen LogP contribution in [0.5, 0.6) is 11.5 Å². The Labute approximate surface area is 282 Å². The van der Waals surface area contributed by atoms with E-state index in [0.717, 1.165) is 22.4 Å². The molecular weight excluding hydrogens is 724 g/mol. The highest BCUT2D eigenvalue weighted by molar-refractivity contribution is 9.11. The molecule has 0 unspecified atom stereocenters. The first-order valence-electron chi connectivity index (χ1n) is 14.0. The summed E-state index contributed by atoms with van der Waals surface area (Å²) < 4.78 is 13.9. The largest absolute Gasteiger partial charge is 0.496 e. The van der Waals surface area contributed by atoms with Crippen LogP contribution in [-0.4, -0.2) is 35.5 Å². The molecule has 5 rings (SSSR count). The Hall–Kier alpha value is -3.99. The van der Waals surface area contributed by atoms with Crippen LogP contribution in [-0.2, 0) is 4.79 Å². The number of hydrogen-bond donors (Lipinski definition) is 1. The van der Waals surface area contributed by atoms with Crippen molar-refractivity contribution in [1.82, 2.24) is 9.66 Å². The van der Waals surface area contributed by atoms with E-state index in [2.05, 4.69) is 56.1 Å². The monoisotopic (exact) mass is 750 g/mol. The van der Waals surface area contributed by atoms with Gasteiger partial charge in [0.25, 0.3) is 11.5 Å². The summed E-state index contributed by atoms with van der Waals surface area (Å²) in [6.45, 7) is 5.92. The number of halogens is 3. The molecule has 0 fully saturated rings. The summed E-state index contributed by atoms with van der Waals surface area (Å²) in [5, 5.41) is 8.43. The van der Waals surface area contributed by atoms with Crippen molar-refractivity contribution in [3.8, 4) is 22.9 Å². The quantitative estimate of drug-likeness (QED) is 0.152. The van der Waals surface area contributed by atoms with E-state index >= 15 is 0 Å². The van der Waals surface area contributed by atoms with Gasteiger partial charge in [-0.1, -0.05) is 37.6 Å². The lowest BCUT2D eigenvalue weighted by molar-refractivity contribution is -0.118. The molecular formula is C34H29Br2ClN4O4. The van der Waals surface area contributed by atoms with Crippen LogP contribution >= 0.6 is 43.5 Å². The van der Waals surface area contributed by atoms with E-state index in [9.17, 15) is 9.59 Å². The number of benzene rings is 4. The SMILES string of the molecule is COc1cc(C)c(-c2nc3ccccc3c(=O)n2N=Cc2cc(Br)c(OCC(=O)Nc3ccc(Cl)cc3)c(Br)c2)cc1C(C)C. The van der Waals surface area contributed by atoms with Crippen molar-refractivity contribution in [3.63, 3.8) is 0 Å². The van der Waals surface area contributed by atoms with E-state index in [1.807, 2.05) is 31.2 Å². The van der Waals surface area contributed by atoms with Crippen LogP contribution in [0.25, 0.3) is 22.3 Å². The first kappa shape index (κ1) is 32.4. The summed E-state index contributed by atoms with van der Waals surface area (Å²) in [5.74, 6) is 1.50. The zero-order valence-electron chi connectivity index (χ0n) is 24.9. The fourth-order valence-electron chi connectivity index (χ4n) is 4.76. The number of aromatic nitrogens is 2. The summed E-state index contributed by atoms with van der Waals surface area (Å²) in [6.07, 6.45) is 1.58. The zero-order chi connectivity index (χ0) is 32.2. The van der Waals surface area contributed by atoms with Crippen LogP contribution in [0.2, 0.25) is 5.02 Å². The molecule has 1 aromatic heterocycles. The van der Waals surface area contributed by atoms with Crippen molar-refractivity contribution in [2.75, 3.05) is 19.0 Å². The molecule has 4 aromatic carbocycles. The number of hydrogen-bond acceptors (Lipinski definition) is 6. The maximum atomic E-state index is 13.8. The van der Waals surface area contributed by atoms with Gasteiger partial charge in [0.05, 0.1) is 33.2 Å². The lowest BCUT2D eigenvalue weighted by atomic mass is 9.96. The second kappa shape index (κ2) is 14.0. The van der Waals surface area contributed by atoms with Gasteiger partial charge in [0.2, 0.25) is 0 Å². The molecule has 0 atom stereocenters. The van der Waals surface area contributed by atoms with Crippen molar-refractivity contribution < 1.29 is 14.3 Å². The molecule has 0 saturated carbocycles. The normalized spacial score (nSPS) is 11.4. The van der Waals surface area contributed by atoms with Crippen LogP contribution in [0, 0.1) is 6.92 Å². The third kappa shape index (κ3) is 7.30. The maximum absolute atomic E-state index is 13.8. The molecule has 230 valence electrons. The van der Waals surface area contributed by atoms with Crippen molar-refractivity contribution in [3.05, 3.63) is 114 Å². The van der Waals surface area contributed by atoms with Crippen LogP contribution in [0.15, 0.2) is 91.6 Å². The summed E-state index contributed by atoms with van der Waals surface area (Å²) >= 11 is 13.0. The molecule has 11 heteroatoms. The third-order valence-corrected chi connectivity index (χ3v) is 8.44. The Morgan fingerprint density at radius 2 is 1.76 bits per heavy atom. The number of amides is 1. The number of rotatable bonds is 9. The first-order chi connectivity index (χ1) is 21.5. The minimum absolute atomic E-state index is 0.183. The third-order valence-electron chi connectivity index (χ3n) is 7.01. The van der Waals surface area contributed by atoms with Gasteiger partial charge < -0.3 is 14.8 Å². The molecule has 0 bridgehead atoms. The predicted molar refractivity (Wildman–Crippen MR) is 187 cm³/mol. The molecule has 0 saturated heterocycles. The van der Waals surface area contributed by atoms with E-state index in [-0.39, 0.29) is 24.0 Å². The molecule has 45 heavy (non-hydrogen) atoms. The fraction of sp³-hybridized carbons (Fsp3) is 0.176. The smallest absolute Gasteiger partial charge is 0.282 e. The molecule has 0 aliphatic rings.